The fourth-order valence-electron chi connectivity index (χ4n) is 1.82. The minimum Gasteiger partial charge on any atom is -0.468 e. The van der Waals surface area contributed by atoms with Gasteiger partial charge in [-0.2, -0.15) is 0 Å². The maximum atomic E-state index is 11.0. The van der Waals surface area contributed by atoms with E-state index in [9.17, 15) is 4.79 Å². The Kier molecular flexibility index (Phi) is 3.69. The van der Waals surface area contributed by atoms with E-state index in [1.165, 1.54) is 7.11 Å². The standard InChI is InChI=1S/C9H18N2O2/c1-7-4-11(5-8(2)10-7)6-9(12)13-3/h7-8,10H,4-6H2,1-3H3. The molecular formula is C9H18N2O2. The molecule has 76 valence electrons. The SMILES string of the molecule is COC(=O)CN1CC(C)NC(C)C1. The number of nitrogens with one attached hydrogen (secondary N) is 1. The van der Waals surface area contributed by atoms with E-state index in [-0.39, 0.29) is 5.97 Å². The first-order chi connectivity index (χ1) is 6.11. The van der Waals surface area contributed by atoms with Crippen LogP contribution in [0.15, 0.2) is 0 Å². The normalized spacial score (nSPS) is 30.1. The highest BCUT2D eigenvalue weighted by molar-refractivity contribution is 5.71. The smallest absolute Gasteiger partial charge is 0.319 e. The predicted molar refractivity (Wildman–Crippen MR) is 50.5 cm³/mol. The highest BCUT2D eigenvalue weighted by atomic mass is 16.5. The van der Waals surface area contributed by atoms with E-state index in [0.717, 1.165) is 13.1 Å². The molecule has 0 aromatic heterocycles. The summed E-state index contributed by atoms with van der Waals surface area (Å²) in [7, 11) is 1.43. The number of hydrogen-bond acceptors (Lipinski definition) is 4. The topological polar surface area (TPSA) is 41.6 Å². The van der Waals surface area contributed by atoms with Crippen molar-refractivity contribution in [2.45, 2.75) is 25.9 Å². The monoisotopic (exact) mass is 186 g/mol. The summed E-state index contributed by atoms with van der Waals surface area (Å²) >= 11 is 0. The molecule has 0 saturated carbocycles. The fourth-order valence-corrected chi connectivity index (χ4v) is 1.82. The Hall–Kier alpha value is -0.610. The van der Waals surface area contributed by atoms with Crippen molar-refractivity contribution in [3.05, 3.63) is 0 Å². The van der Waals surface area contributed by atoms with Gasteiger partial charge in [-0.1, -0.05) is 0 Å². The molecule has 1 rings (SSSR count). The number of esters is 1. The molecule has 0 aromatic carbocycles. The van der Waals surface area contributed by atoms with Crippen molar-refractivity contribution in [1.29, 1.82) is 0 Å². The number of ether oxygens (including phenoxy) is 1. The lowest BCUT2D eigenvalue weighted by Crippen LogP contribution is -2.55. The zero-order valence-corrected chi connectivity index (χ0v) is 8.54. The van der Waals surface area contributed by atoms with Crippen molar-refractivity contribution in [3.63, 3.8) is 0 Å². The van der Waals surface area contributed by atoms with Crippen molar-refractivity contribution in [2.24, 2.45) is 0 Å². The molecule has 0 aromatic rings. The lowest BCUT2D eigenvalue weighted by molar-refractivity contribution is -0.142. The van der Waals surface area contributed by atoms with E-state index in [4.69, 9.17) is 0 Å². The molecule has 2 atom stereocenters. The van der Waals surface area contributed by atoms with E-state index < -0.39 is 0 Å². The average molecular weight is 186 g/mol. The largest absolute Gasteiger partial charge is 0.468 e. The molecule has 1 heterocycles. The number of piperazine rings is 1. The third-order valence-corrected chi connectivity index (χ3v) is 2.21. The first kappa shape index (κ1) is 10.5. The van der Waals surface area contributed by atoms with Gasteiger partial charge < -0.3 is 10.1 Å². The van der Waals surface area contributed by atoms with Crippen LogP contribution in [0.2, 0.25) is 0 Å². The lowest BCUT2D eigenvalue weighted by Gasteiger charge is -2.35. The molecular weight excluding hydrogens is 168 g/mol. The van der Waals surface area contributed by atoms with Gasteiger partial charge in [-0.05, 0) is 13.8 Å². The lowest BCUT2D eigenvalue weighted by atomic mass is 10.1. The molecule has 13 heavy (non-hydrogen) atoms. The van der Waals surface area contributed by atoms with E-state index in [0.29, 0.717) is 18.6 Å². The summed E-state index contributed by atoms with van der Waals surface area (Å²) in [6, 6.07) is 0.904. The van der Waals surface area contributed by atoms with Crippen LogP contribution in [0, 0.1) is 0 Å². The van der Waals surface area contributed by atoms with Crippen molar-refractivity contribution < 1.29 is 9.53 Å². The molecule has 1 fully saturated rings. The molecule has 1 saturated heterocycles. The Morgan fingerprint density at radius 1 is 1.46 bits per heavy atom. The molecule has 0 bridgehead atoms. The maximum Gasteiger partial charge on any atom is 0.319 e. The highest BCUT2D eigenvalue weighted by Crippen LogP contribution is 2.03. The van der Waals surface area contributed by atoms with Gasteiger partial charge in [-0.25, -0.2) is 0 Å². The summed E-state index contributed by atoms with van der Waals surface area (Å²) in [6.07, 6.45) is 0. The van der Waals surface area contributed by atoms with Crippen LogP contribution in [0.3, 0.4) is 0 Å². The first-order valence-corrected chi connectivity index (χ1v) is 4.67. The van der Waals surface area contributed by atoms with Crippen molar-refractivity contribution in [1.82, 2.24) is 10.2 Å². The van der Waals surface area contributed by atoms with Gasteiger partial charge in [0.1, 0.15) is 0 Å². The van der Waals surface area contributed by atoms with Crippen molar-refractivity contribution in [2.75, 3.05) is 26.7 Å². The number of nitrogens with zero attached hydrogens (tertiary/aromatic N) is 1. The van der Waals surface area contributed by atoms with Gasteiger partial charge in [-0.15, -0.1) is 0 Å². The maximum absolute atomic E-state index is 11.0. The van der Waals surface area contributed by atoms with Crippen LogP contribution in [-0.4, -0.2) is 49.7 Å². The van der Waals surface area contributed by atoms with Gasteiger partial charge in [0.05, 0.1) is 13.7 Å². The van der Waals surface area contributed by atoms with Gasteiger partial charge >= 0.3 is 5.97 Å². The number of rotatable bonds is 2. The second kappa shape index (κ2) is 4.58. The zero-order valence-electron chi connectivity index (χ0n) is 8.54. The number of carbonyl (C=O) groups is 1. The number of carbonyl (C=O) groups excluding carboxylic acids is 1. The summed E-state index contributed by atoms with van der Waals surface area (Å²) in [5, 5.41) is 3.41. The fraction of sp³-hybridized carbons (Fsp3) is 0.889. The second-order valence-electron chi connectivity index (χ2n) is 3.74. The first-order valence-electron chi connectivity index (χ1n) is 4.67. The van der Waals surface area contributed by atoms with Gasteiger partial charge in [0.2, 0.25) is 0 Å². The molecule has 2 unspecified atom stereocenters. The van der Waals surface area contributed by atoms with Crippen LogP contribution >= 0.6 is 0 Å². The molecule has 4 nitrogen and oxygen atoms in total. The molecule has 4 heteroatoms. The summed E-state index contributed by atoms with van der Waals surface area (Å²) < 4.78 is 4.62. The Morgan fingerprint density at radius 2 is 2.00 bits per heavy atom. The number of hydrogen-bond donors (Lipinski definition) is 1. The minimum atomic E-state index is -0.152. The molecule has 1 aliphatic rings. The van der Waals surface area contributed by atoms with Crippen LogP contribution in [0.4, 0.5) is 0 Å². The van der Waals surface area contributed by atoms with Gasteiger partial charge in [0.15, 0.2) is 0 Å². The number of methoxy groups -OCH3 is 1. The van der Waals surface area contributed by atoms with E-state index in [1.807, 2.05) is 0 Å². The summed E-state index contributed by atoms with van der Waals surface area (Å²) in [4.78, 5) is 13.1. The summed E-state index contributed by atoms with van der Waals surface area (Å²) in [5.74, 6) is -0.152. The molecule has 0 spiro atoms. The van der Waals surface area contributed by atoms with E-state index >= 15 is 0 Å². The summed E-state index contributed by atoms with van der Waals surface area (Å²) in [6.45, 7) is 6.49. The van der Waals surface area contributed by atoms with Crippen molar-refractivity contribution >= 4 is 5.97 Å². The Labute approximate surface area is 79.2 Å². The Balaban J connectivity index is 2.37. The Bertz CT molecular complexity index is 174. The van der Waals surface area contributed by atoms with Crippen LogP contribution in [0.1, 0.15) is 13.8 Å². The van der Waals surface area contributed by atoms with Crippen molar-refractivity contribution in [3.8, 4) is 0 Å². The summed E-state index contributed by atoms with van der Waals surface area (Å²) in [5.41, 5.74) is 0. The molecule has 0 radical (unpaired) electrons. The Morgan fingerprint density at radius 3 is 2.46 bits per heavy atom. The predicted octanol–water partition coefficient (Wildman–Crippen LogP) is -0.158. The molecule has 0 aliphatic carbocycles. The highest BCUT2D eigenvalue weighted by Gasteiger charge is 2.22. The van der Waals surface area contributed by atoms with Gasteiger partial charge in [0.25, 0.3) is 0 Å². The second-order valence-corrected chi connectivity index (χ2v) is 3.74. The van der Waals surface area contributed by atoms with Crippen LogP contribution < -0.4 is 5.32 Å². The van der Waals surface area contributed by atoms with Crippen LogP contribution in [0.5, 0.6) is 0 Å². The van der Waals surface area contributed by atoms with E-state index in [2.05, 4.69) is 28.8 Å². The third kappa shape index (κ3) is 3.32. The zero-order chi connectivity index (χ0) is 9.84. The molecule has 1 aliphatic heterocycles. The van der Waals surface area contributed by atoms with Crippen LogP contribution in [-0.2, 0) is 9.53 Å². The van der Waals surface area contributed by atoms with Gasteiger partial charge in [-0.3, -0.25) is 9.69 Å². The van der Waals surface area contributed by atoms with E-state index in [1.54, 1.807) is 0 Å². The third-order valence-electron chi connectivity index (χ3n) is 2.21. The quantitative estimate of drug-likeness (QED) is 0.609. The average Bonchev–Trinajstić information content (AvgIpc) is 2.02. The van der Waals surface area contributed by atoms with Gasteiger partial charge in [0, 0.05) is 25.2 Å². The van der Waals surface area contributed by atoms with Crippen LogP contribution in [0.25, 0.3) is 0 Å². The minimum absolute atomic E-state index is 0.152. The molecule has 0 amide bonds. The molecule has 1 N–H and O–H groups in total.